The van der Waals surface area contributed by atoms with E-state index in [-0.39, 0.29) is 35.5 Å². The average Bonchev–Trinajstić information content (AvgIpc) is 3.18. The van der Waals surface area contributed by atoms with Crippen LogP contribution < -0.4 is 10.0 Å². The van der Waals surface area contributed by atoms with Crippen LogP contribution in [0.3, 0.4) is 0 Å². The molecule has 180 valence electrons. The molecule has 1 unspecified atom stereocenters. The van der Waals surface area contributed by atoms with Crippen LogP contribution in [0.4, 0.5) is 10.1 Å². The maximum Gasteiger partial charge on any atom is 0.282 e. The van der Waals surface area contributed by atoms with Crippen molar-refractivity contribution in [2.45, 2.75) is 22.6 Å². The van der Waals surface area contributed by atoms with Crippen LogP contribution in [0.2, 0.25) is 10.0 Å². The molecule has 1 aliphatic rings. The number of carbonyl (C=O) groups is 1. The van der Waals surface area contributed by atoms with E-state index in [1.807, 2.05) is 0 Å². The zero-order valence-corrected chi connectivity index (χ0v) is 20.3. The summed E-state index contributed by atoms with van der Waals surface area (Å²) in [6.45, 7) is 0.249. The number of piperidine rings is 1. The Morgan fingerprint density at radius 3 is 2.56 bits per heavy atom. The average molecular weight is 547 g/mol. The number of benzene rings is 2. The summed E-state index contributed by atoms with van der Waals surface area (Å²) in [7, 11) is -8.72. The molecule has 0 bridgehead atoms. The zero-order chi connectivity index (χ0) is 24.7. The summed E-state index contributed by atoms with van der Waals surface area (Å²) in [5, 5.41) is 3.56. The molecule has 3 N–H and O–H groups in total. The smallest absolute Gasteiger partial charge is 0.282 e. The van der Waals surface area contributed by atoms with Crippen molar-refractivity contribution in [1.29, 1.82) is 0 Å². The summed E-state index contributed by atoms with van der Waals surface area (Å²) in [5.41, 5.74) is 0.375. The number of rotatable bonds is 6. The van der Waals surface area contributed by atoms with Gasteiger partial charge in [-0.1, -0.05) is 23.2 Å². The monoisotopic (exact) mass is 546 g/mol. The van der Waals surface area contributed by atoms with Crippen molar-refractivity contribution in [3.8, 4) is 0 Å². The standard InChI is InChI=1S/C20H17Cl2FN4O5S2/c21-13-3-4-16(20-19(13)14(22)10-25-20)27-34(31,32)17-5-2-12(7-15(17)23)33(29,30)26-9-11-1-6-18(28)24-8-11/h2-5,7,9-11,25,27H,1,6,8H2,(H,24,28). The summed E-state index contributed by atoms with van der Waals surface area (Å²) in [6.07, 6.45) is 3.30. The number of hydrogen-bond acceptors (Lipinski definition) is 5. The molecule has 1 atom stereocenters. The molecule has 0 saturated carbocycles. The summed E-state index contributed by atoms with van der Waals surface area (Å²) >= 11 is 12.2. The van der Waals surface area contributed by atoms with Gasteiger partial charge in [-0.05, 0) is 36.8 Å². The summed E-state index contributed by atoms with van der Waals surface area (Å²) < 4.78 is 71.2. The number of anilines is 1. The third-order valence-electron chi connectivity index (χ3n) is 5.19. The Morgan fingerprint density at radius 2 is 1.88 bits per heavy atom. The molecule has 1 aromatic heterocycles. The van der Waals surface area contributed by atoms with Crippen LogP contribution in [0.5, 0.6) is 0 Å². The molecule has 1 amide bonds. The fourth-order valence-electron chi connectivity index (χ4n) is 3.42. The third kappa shape index (κ3) is 4.90. The number of sulfonamides is 2. The molecule has 2 heterocycles. The lowest BCUT2D eigenvalue weighted by Gasteiger charge is -2.18. The molecule has 1 fully saturated rings. The van der Waals surface area contributed by atoms with E-state index in [4.69, 9.17) is 23.2 Å². The summed E-state index contributed by atoms with van der Waals surface area (Å²) in [4.78, 5) is 12.7. The van der Waals surface area contributed by atoms with E-state index in [1.165, 1.54) is 24.5 Å². The molecular formula is C20H17Cl2FN4O5S2. The zero-order valence-electron chi connectivity index (χ0n) is 17.2. The van der Waals surface area contributed by atoms with Crippen LogP contribution in [0, 0.1) is 11.7 Å². The predicted octanol–water partition coefficient (Wildman–Crippen LogP) is 3.70. The van der Waals surface area contributed by atoms with Gasteiger partial charge in [0.2, 0.25) is 5.91 Å². The van der Waals surface area contributed by atoms with Crippen molar-refractivity contribution < 1.29 is 26.0 Å². The molecule has 0 aliphatic carbocycles. The lowest BCUT2D eigenvalue weighted by atomic mass is 10.0. The molecule has 9 nitrogen and oxygen atoms in total. The SMILES string of the molecule is O=C1CCC(C=NS(=O)(=O)c2ccc(S(=O)(=O)Nc3ccc(Cl)c4c(Cl)c[nH]c34)c(F)c2)CN1. The summed E-state index contributed by atoms with van der Waals surface area (Å²) in [5.74, 6) is -1.68. The molecule has 4 rings (SSSR count). The minimum Gasteiger partial charge on any atom is -0.358 e. The van der Waals surface area contributed by atoms with Gasteiger partial charge < -0.3 is 10.3 Å². The second-order valence-electron chi connectivity index (χ2n) is 7.51. The van der Waals surface area contributed by atoms with Crippen LogP contribution >= 0.6 is 23.2 Å². The minimum absolute atomic E-state index is 0.0755. The van der Waals surface area contributed by atoms with Crippen LogP contribution in [0.15, 0.2) is 50.7 Å². The summed E-state index contributed by atoms with van der Waals surface area (Å²) in [6, 6.07) is 5.20. The molecule has 2 aromatic carbocycles. The van der Waals surface area contributed by atoms with Crippen molar-refractivity contribution >= 4 is 72.0 Å². The van der Waals surface area contributed by atoms with Crippen LogP contribution in [0.25, 0.3) is 10.9 Å². The van der Waals surface area contributed by atoms with E-state index in [9.17, 15) is 26.0 Å². The first kappa shape index (κ1) is 24.5. The number of aromatic nitrogens is 1. The largest absolute Gasteiger partial charge is 0.358 e. The first-order valence-corrected chi connectivity index (χ1v) is 13.5. The highest BCUT2D eigenvalue weighted by molar-refractivity contribution is 7.92. The maximum atomic E-state index is 14.8. The highest BCUT2D eigenvalue weighted by atomic mass is 35.5. The van der Waals surface area contributed by atoms with E-state index >= 15 is 0 Å². The number of amides is 1. The Balaban J connectivity index is 1.59. The number of hydrogen-bond donors (Lipinski definition) is 3. The van der Waals surface area contributed by atoms with Crippen LogP contribution in [0.1, 0.15) is 12.8 Å². The minimum atomic E-state index is -4.44. The first-order chi connectivity index (χ1) is 16.0. The van der Waals surface area contributed by atoms with E-state index in [2.05, 4.69) is 19.4 Å². The maximum absolute atomic E-state index is 14.8. The normalized spacial score (nSPS) is 17.3. The van der Waals surface area contributed by atoms with Crippen molar-refractivity contribution in [2.24, 2.45) is 10.3 Å². The molecule has 0 spiro atoms. The lowest BCUT2D eigenvalue weighted by molar-refractivity contribution is -0.122. The Hall–Kier alpha value is -2.67. The number of nitrogens with one attached hydrogen (secondary N) is 3. The Bertz CT molecular complexity index is 1530. The van der Waals surface area contributed by atoms with Crippen molar-refractivity contribution in [3.05, 3.63) is 52.4 Å². The first-order valence-electron chi connectivity index (χ1n) is 9.82. The second kappa shape index (κ2) is 9.17. The van der Waals surface area contributed by atoms with Gasteiger partial charge in [0.05, 0.1) is 26.1 Å². The number of carbonyl (C=O) groups excluding carboxylic acids is 1. The highest BCUT2D eigenvalue weighted by Crippen LogP contribution is 2.35. The molecule has 0 radical (unpaired) electrons. The Morgan fingerprint density at radius 1 is 1.12 bits per heavy atom. The van der Waals surface area contributed by atoms with Gasteiger partial charge in [0, 0.05) is 36.7 Å². The van der Waals surface area contributed by atoms with Crippen molar-refractivity contribution in [3.63, 3.8) is 0 Å². The quantitative estimate of drug-likeness (QED) is 0.404. The fraction of sp³-hybridized carbons (Fsp3) is 0.200. The Kier molecular flexibility index (Phi) is 6.60. The Labute approximate surface area is 204 Å². The molecule has 1 saturated heterocycles. The van der Waals surface area contributed by atoms with E-state index in [1.54, 1.807) is 0 Å². The predicted molar refractivity (Wildman–Crippen MR) is 127 cm³/mol. The van der Waals surface area contributed by atoms with Gasteiger partial charge >= 0.3 is 0 Å². The van der Waals surface area contributed by atoms with Gasteiger partial charge in [-0.3, -0.25) is 9.52 Å². The van der Waals surface area contributed by atoms with Crippen LogP contribution in [-0.4, -0.2) is 40.5 Å². The number of halogens is 3. The van der Waals surface area contributed by atoms with E-state index in [0.717, 1.165) is 12.1 Å². The number of nitrogens with zero attached hydrogens (tertiary/aromatic N) is 1. The second-order valence-corrected chi connectivity index (χ2v) is 11.6. The number of H-pyrrole nitrogens is 1. The van der Waals surface area contributed by atoms with E-state index < -0.39 is 35.7 Å². The van der Waals surface area contributed by atoms with Gasteiger partial charge in [-0.15, -0.1) is 0 Å². The molecule has 3 aromatic rings. The van der Waals surface area contributed by atoms with Crippen molar-refractivity contribution in [2.75, 3.05) is 11.3 Å². The van der Waals surface area contributed by atoms with Gasteiger partial charge in [0.1, 0.15) is 10.7 Å². The van der Waals surface area contributed by atoms with Gasteiger partial charge in [-0.25, -0.2) is 12.8 Å². The number of aromatic amines is 1. The van der Waals surface area contributed by atoms with Crippen molar-refractivity contribution in [1.82, 2.24) is 10.3 Å². The van der Waals surface area contributed by atoms with Gasteiger partial charge in [-0.2, -0.15) is 12.8 Å². The number of fused-ring (bicyclic) bond motifs is 1. The van der Waals surface area contributed by atoms with Crippen LogP contribution in [-0.2, 0) is 24.8 Å². The molecule has 1 aliphatic heterocycles. The lowest BCUT2D eigenvalue weighted by Crippen LogP contribution is -2.35. The highest BCUT2D eigenvalue weighted by Gasteiger charge is 2.24. The van der Waals surface area contributed by atoms with E-state index in [0.29, 0.717) is 28.4 Å². The molecule has 14 heteroatoms. The van der Waals surface area contributed by atoms with Gasteiger partial charge in [0.15, 0.2) is 0 Å². The van der Waals surface area contributed by atoms with Gasteiger partial charge in [0.25, 0.3) is 20.0 Å². The molecular weight excluding hydrogens is 530 g/mol. The fourth-order valence-corrected chi connectivity index (χ4v) is 6.06. The topological polar surface area (TPSA) is 138 Å². The third-order valence-corrected chi connectivity index (χ3v) is 8.45. The molecule has 34 heavy (non-hydrogen) atoms.